The number of hydrogen-bond acceptors (Lipinski definition) is 2. The van der Waals surface area contributed by atoms with Crippen molar-refractivity contribution >= 4 is 31.8 Å². The van der Waals surface area contributed by atoms with E-state index in [1.54, 1.807) is 0 Å². The van der Waals surface area contributed by atoms with Crippen molar-refractivity contribution in [2.45, 2.75) is 46.5 Å². The first-order valence-electron chi connectivity index (χ1n) is 6.71. The van der Waals surface area contributed by atoms with Gasteiger partial charge in [0.1, 0.15) is 0 Å². The molecule has 2 aliphatic heterocycles. The zero-order valence-electron chi connectivity index (χ0n) is 12.1. The average Bonchev–Trinajstić information content (AvgIpc) is 2.93. The van der Waals surface area contributed by atoms with Crippen LogP contribution in [0.25, 0.3) is 0 Å². The molecule has 0 radical (unpaired) electrons. The molecule has 2 heterocycles. The summed E-state index contributed by atoms with van der Waals surface area (Å²) in [6.45, 7) is 10.1. The predicted molar refractivity (Wildman–Crippen MR) is 83.2 cm³/mol. The summed E-state index contributed by atoms with van der Waals surface area (Å²) in [4.78, 5) is 0. The van der Waals surface area contributed by atoms with Gasteiger partial charge in [-0.3, -0.25) is 0 Å². The Labute approximate surface area is 132 Å². The van der Waals surface area contributed by atoms with Crippen molar-refractivity contribution in [1.29, 1.82) is 0 Å². The molecular weight excluding hydrogens is 387 g/mol. The second-order valence-electron chi connectivity index (χ2n) is 5.62. The van der Waals surface area contributed by atoms with Crippen LogP contribution < -0.4 is 0 Å². The van der Waals surface area contributed by atoms with E-state index in [1.807, 2.05) is 25.0 Å². The molecule has 0 aromatic heterocycles. The van der Waals surface area contributed by atoms with Gasteiger partial charge in [-0.05, 0) is 25.7 Å². The molecule has 0 aliphatic carbocycles. The first kappa shape index (κ1) is 20.4. The van der Waals surface area contributed by atoms with Crippen LogP contribution in [0.1, 0.15) is 46.5 Å². The molecular formula is C13H26Cl3NbO2. The van der Waals surface area contributed by atoms with Gasteiger partial charge in [-0.1, -0.05) is 0 Å². The Morgan fingerprint density at radius 3 is 1.16 bits per heavy atom. The van der Waals surface area contributed by atoms with Crippen molar-refractivity contribution in [2.24, 2.45) is 5.41 Å². The summed E-state index contributed by atoms with van der Waals surface area (Å²) >= 11 is -3.06. The minimum absolute atomic E-state index is 0.0524. The van der Waals surface area contributed by atoms with Crippen LogP contribution in [-0.4, -0.2) is 30.7 Å². The topological polar surface area (TPSA) is 18.5 Å². The van der Waals surface area contributed by atoms with Gasteiger partial charge < -0.3 is 9.47 Å². The van der Waals surface area contributed by atoms with E-state index >= 15 is 0 Å². The Kier molecular flexibility index (Phi) is 11.8. The zero-order chi connectivity index (χ0) is 14.8. The zero-order valence-corrected chi connectivity index (χ0v) is 16.6. The van der Waals surface area contributed by atoms with Crippen LogP contribution >= 0.6 is 27.6 Å². The first-order chi connectivity index (χ1) is 8.71. The van der Waals surface area contributed by atoms with Crippen LogP contribution in [0.15, 0.2) is 0 Å². The van der Waals surface area contributed by atoms with E-state index in [0.717, 1.165) is 26.4 Å². The molecule has 19 heavy (non-hydrogen) atoms. The Morgan fingerprint density at radius 2 is 1.11 bits per heavy atom. The summed E-state index contributed by atoms with van der Waals surface area (Å²) in [7, 11) is 17.1. The molecule has 0 aromatic carbocycles. The molecule has 2 aliphatic rings. The third-order valence-electron chi connectivity index (χ3n) is 2.19. The number of hydrogen-bond donors (Lipinski definition) is 0. The molecule has 0 N–H and O–H groups in total. The molecule has 2 fully saturated rings. The van der Waals surface area contributed by atoms with E-state index in [0.29, 0.717) is 0 Å². The Morgan fingerprint density at radius 1 is 0.789 bits per heavy atom. The van der Waals surface area contributed by atoms with E-state index in [4.69, 9.17) is 37.0 Å². The van der Waals surface area contributed by atoms with Crippen LogP contribution in [-0.2, 0) is 22.9 Å². The number of halogens is 3. The Hall–Kier alpha value is 1.40. The van der Waals surface area contributed by atoms with Gasteiger partial charge in [0.2, 0.25) is 0 Å². The van der Waals surface area contributed by atoms with Crippen LogP contribution in [0.3, 0.4) is 0 Å². The van der Waals surface area contributed by atoms with E-state index in [1.165, 1.54) is 25.7 Å². The maximum atomic E-state index is 5.69. The van der Waals surface area contributed by atoms with Crippen molar-refractivity contribution in [1.82, 2.24) is 0 Å². The summed E-state index contributed by atoms with van der Waals surface area (Å²) in [6.07, 6.45) is 5.11. The van der Waals surface area contributed by atoms with Gasteiger partial charge in [-0.15, -0.1) is 0 Å². The van der Waals surface area contributed by atoms with Crippen molar-refractivity contribution in [3.8, 4) is 0 Å². The van der Waals surface area contributed by atoms with Gasteiger partial charge in [-0.2, -0.15) is 0 Å². The molecule has 0 bridgehead atoms. The van der Waals surface area contributed by atoms with Crippen molar-refractivity contribution in [3.05, 3.63) is 0 Å². The standard InChI is InChI=1S/C5H10.2C4H8O.3ClH.Nb/c1-5(2,3)4;2*1-2-4-5-3-1;;;;/h1H,2-4H3;2*1-4H2;3*1H;/q;;;;;;+3/p-3. The molecule has 0 atom stereocenters. The fourth-order valence-corrected chi connectivity index (χ4v) is 8.81. The van der Waals surface area contributed by atoms with E-state index < -0.39 is 13.4 Å². The third-order valence-corrected chi connectivity index (χ3v) is 6.54. The van der Waals surface area contributed by atoms with Gasteiger partial charge in [0.25, 0.3) is 0 Å². The van der Waals surface area contributed by atoms with Crippen LogP contribution in [0.5, 0.6) is 0 Å². The summed E-state index contributed by atoms with van der Waals surface area (Å²) in [6, 6.07) is 0. The van der Waals surface area contributed by atoms with E-state index in [2.05, 4.69) is 0 Å². The summed E-state index contributed by atoms with van der Waals surface area (Å²) in [5, 5.41) is 0. The van der Waals surface area contributed by atoms with Crippen LogP contribution in [0, 0.1) is 5.41 Å². The number of rotatable bonds is 0. The molecule has 0 amide bonds. The summed E-state index contributed by atoms with van der Waals surface area (Å²) in [5.74, 6) is 0. The Balaban J connectivity index is 0.000000273. The second-order valence-corrected chi connectivity index (χ2v) is 21.2. The minimum atomic E-state index is -3.06. The third kappa shape index (κ3) is 19.4. The van der Waals surface area contributed by atoms with Gasteiger partial charge >= 0.3 is 71.4 Å². The fraction of sp³-hybridized carbons (Fsp3) is 0.923. The molecule has 0 unspecified atom stereocenters. The Bertz CT molecular complexity index is 230. The van der Waals surface area contributed by atoms with E-state index in [9.17, 15) is 0 Å². The molecule has 6 heteroatoms. The van der Waals surface area contributed by atoms with Crippen LogP contribution in [0.4, 0.5) is 0 Å². The molecule has 0 saturated carbocycles. The summed E-state index contributed by atoms with van der Waals surface area (Å²) in [5.41, 5.74) is 0.0524. The molecule has 2 rings (SSSR count). The van der Waals surface area contributed by atoms with Gasteiger partial charge in [0, 0.05) is 26.4 Å². The average molecular weight is 414 g/mol. The normalized spacial score (nSPS) is 19.1. The molecule has 2 nitrogen and oxygen atoms in total. The predicted octanol–water partition coefficient (Wildman–Crippen LogP) is 5.04. The van der Waals surface area contributed by atoms with Crippen LogP contribution in [0.2, 0.25) is 0 Å². The van der Waals surface area contributed by atoms with Gasteiger partial charge in [-0.25, -0.2) is 0 Å². The first-order valence-corrected chi connectivity index (χ1v) is 16.5. The molecule has 116 valence electrons. The molecule has 0 spiro atoms. The van der Waals surface area contributed by atoms with Gasteiger partial charge in [0.05, 0.1) is 0 Å². The quantitative estimate of drug-likeness (QED) is 0.518. The second kappa shape index (κ2) is 11.0. The SMILES string of the molecule is C1CCOC1.C1CCOC1.CC(C)(C)[CH]=[Nb]([Cl])([Cl])[Cl]. The van der Waals surface area contributed by atoms with Crippen molar-refractivity contribution < 1.29 is 22.9 Å². The van der Waals surface area contributed by atoms with Crippen molar-refractivity contribution in [2.75, 3.05) is 26.4 Å². The van der Waals surface area contributed by atoms with Gasteiger partial charge in [0.15, 0.2) is 0 Å². The summed E-state index contributed by atoms with van der Waals surface area (Å²) < 4.78 is 11.8. The fourth-order valence-electron chi connectivity index (χ4n) is 1.46. The molecule has 2 saturated heterocycles. The van der Waals surface area contributed by atoms with Crippen molar-refractivity contribution in [3.63, 3.8) is 0 Å². The molecule has 0 aromatic rings. The maximum absolute atomic E-state index is 5.69. The monoisotopic (exact) mass is 412 g/mol. The van der Waals surface area contributed by atoms with E-state index in [-0.39, 0.29) is 5.41 Å². The number of ether oxygens (including phenoxy) is 2.